The summed E-state index contributed by atoms with van der Waals surface area (Å²) in [4.78, 5) is 3.88. The van der Waals surface area contributed by atoms with Gasteiger partial charge in [-0.3, -0.25) is 0 Å². The Labute approximate surface area is 91.0 Å². The molecule has 1 heterocycles. The predicted octanol–water partition coefficient (Wildman–Crippen LogP) is 1.70. The van der Waals surface area contributed by atoms with Gasteiger partial charge >= 0.3 is 0 Å². The molecule has 0 fully saturated rings. The van der Waals surface area contributed by atoms with Gasteiger partial charge in [0.15, 0.2) is 0 Å². The van der Waals surface area contributed by atoms with Gasteiger partial charge in [-0.25, -0.2) is 13.8 Å². The molecule has 5 heteroatoms. The second kappa shape index (κ2) is 4.40. The van der Waals surface area contributed by atoms with Gasteiger partial charge < -0.3 is 9.67 Å². The zero-order chi connectivity index (χ0) is 11.5. The van der Waals surface area contributed by atoms with E-state index in [2.05, 4.69) is 4.98 Å². The van der Waals surface area contributed by atoms with Gasteiger partial charge in [-0.05, 0) is 18.2 Å². The number of aliphatic hydroxyl groups is 1. The fraction of sp³-hybridized carbons (Fsp3) is 0.182. The van der Waals surface area contributed by atoms with Crippen LogP contribution in [0.15, 0.2) is 30.6 Å². The molecular weight excluding hydrogens is 214 g/mol. The molecule has 84 valence electrons. The third kappa shape index (κ3) is 2.09. The van der Waals surface area contributed by atoms with E-state index in [1.54, 1.807) is 10.8 Å². The molecule has 2 aromatic rings. The van der Waals surface area contributed by atoms with E-state index in [4.69, 9.17) is 5.11 Å². The molecule has 0 radical (unpaired) electrons. The van der Waals surface area contributed by atoms with Crippen LogP contribution in [0, 0.1) is 11.6 Å². The minimum atomic E-state index is -0.484. The first-order chi connectivity index (χ1) is 7.70. The van der Waals surface area contributed by atoms with Gasteiger partial charge in [-0.1, -0.05) is 0 Å². The summed E-state index contributed by atoms with van der Waals surface area (Å²) >= 11 is 0. The standard InChI is InChI=1S/C11H10F2N2O/c12-9-1-2-10(13)8(5-9)6-15-4-3-14-11(15)7-16/h1-5,16H,6-7H2. The highest BCUT2D eigenvalue weighted by molar-refractivity contribution is 5.19. The van der Waals surface area contributed by atoms with Crippen molar-refractivity contribution >= 4 is 0 Å². The van der Waals surface area contributed by atoms with Crippen LogP contribution in [-0.2, 0) is 13.2 Å². The Kier molecular flexibility index (Phi) is 2.96. The van der Waals surface area contributed by atoms with Crippen LogP contribution in [0.4, 0.5) is 8.78 Å². The number of halogens is 2. The van der Waals surface area contributed by atoms with Crippen molar-refractivity contribution in [3.8, 4) is 0 Å². The lowest BCUT2D eigenvalue weighted by Gasteiger charge is -2.07. The SMILES string of the molecule is OCc1nccn1Cc1cc(F)ccc1F. The summed E-state index contributed by atoms with van der Waals surface area (Å²) in [6, 6.07) is 3.29. The highest BCUT2D eigenvalue weighted by Gasteiger charge is 2.07. The summed E-state index contributed by atoms with van der Waals surface area (Å²) in [6.07, 6.45) is 3.11. The number of nitrogens with zero attached hydrogens (tertiary/aromatic N) is 2. The second-order valence-electron chi connectivity index (χ2n) is 3.37. The van der Waals surface area contributed by atoms with Crippen molar-refractivity contribution in [2.24, 2.45) is 0 Å². The number of hydrogen-bond donors (Lipinski definition) is 1. The van der Waals surface area contributed by atoms with Gasteiger partial charge in [0, 0.05) is 18.0 Å². The second-order valence-corrected chi connectivity index (χ2v) is 3.37. The average molecular weight is 224 g/mol. The van der Waals surface area contributed by atoms with E-state index in [9.17, 15) is 8.78 Å². The quantitative estimate of drug-likeness (QED) is 0.861. The van der Waals surface area contributed by atoms with Gasteiger partial charge in [0.2, 0.25) is 0 Å². The first-order valence-electron chi connectivity index (χ1n) is 4.75. The highest BCUT2D eigenvalue weighted by atomic mass is 19.1. The molecule has 0 spiro atoms. The fourth-order valence-corrected chi connectivity index (χ4v) is 1.48. The minimum absolute atomic E-state index is 0.152. The van der Waals surface area contributed by atoms with E-state index < -0.39 is 11.6 Å². The maximum Gasteiger partial charge on any atom is 0.134 e. The van der Waals surface area contributed by atoms with Crippen LogP contribution >= 0.6 is 0 Å². The summed E-state index contributed by atoms with van der Waals surface area (Å²) < 4.78 is 27.8. The predicted molar refractivity (Wildman–Crippen MR) is 53.6 cm³/mol. The van der Waals surface area contributed by atoms with Gasteiger partial charge in [-0.15, -0.1) is 0 Å². The molecule has 0 bridgehead atoms. The maximum absolute atomic E-state index is 13.3. The van der Waals surface area contributed by atoms with Crippen molar-refractivity contribution in [1.29, 1.82) is 0 Å². The van der Waals surface area contributed by atoms with Gasteiger partial charge in [0.25, 0.3) is 0 Å². The number of benzene rings is 1. The molecule has 0 aliphatic carbocycles. The van der Waals surface area contributed by atoms with E-state index in [-0.39, 0.29) is 18.7 Å². The molecule has 0 saturated carbocycles. The summed E-state index contributed by atoms with van der Waals surface area (Å²) in [5.41, 5.74) is 0.229. The van der Waals surface area contributed by atoms with E-state index in [1.165, 1.54) is 6.20 Å². The lowest BCUT2D eigenvalue weighted by molar-refractivity contribution is 0.266. The van der Waals surface area contributed by atoms with Crippen molar-refractivity contribution in [3.05, 3.63) is 53.6 Å². The van der Waals surface area contributed by atoms with Crippen LogP contribution < -0.4 is 0 Å². The molecule has 0 amide bonds. The van der Waals surface area contributed by atoms with Crippen LogP contribution in [0.3, 0.4) is 0 Å². The number of imidazole rings is 1. The Morgan fingerprint density at radius 3 is 2.88 bits per heavy atom. The molecule has 2 rings (SSSR count). The molecule has 0 saturated heterocycles. The van der Waals surface area contributed by atoms with Gasteiger partial charge in [0.05, 0.1) is 6.54 Å². The lowest BCUT2D eigenvalue weighted by atomic mass is 10.2. The van der Waals surface area contributed by atoms with Crippen molar-refractivity contribution in [3.63, 3.8) is 0 Å². The Morgan fingerprint density at radius 2 is 2.12 bits per heavy atom. The minimum Gasteiger partial charge on any atom is -0.388 e. The molecule has 0 atom stereocenters. The summed E-state index contributed by atoms with van der Waals surface area (Å²) in [6.45, 7) is -0.0799. The number of aliphatic hydroxyl groups excluding tert-OH is 1. The van der Waals surface area contributed by atoms with Crippen molar-refractivity contribution < 1.29 is 13.9 Å². The molecule has 3 nitrogen and oxygen atoms in total. The molecule has 16 heavy (non-hydrogen) atoms. The molecular formula is C11H10F2N2O. The largest absolute Gasteiger partial charge is 0.388 e. The maximum atomic E-state index is 13.3. The zero-order valence-electron chi connectivity index (χ0n) is 8.40. The highest BCUT2D eigenvalue weighted by Crippen LogP contribution is 2.12. The normalized spacial score (nSPS) is 10.7. The fourth-order valence-electron chi connectivity index (χ4n) is 1.48. The first kappa shape index (κ1) is 10.8. The Morgan fingerprint density at radius 1 is 1.31 bits per heavy atom. The van der Waals surface area contributed by atoms with E-state index >= 15 is 0 Å². The topological polar surface area (TPSA) is 38.1 Å². The Balaban J connectivity index is 2.30. The van der Waals surface area contributed by atoms with Gasteiger partial charge in [-0.2, -0.15) is 0 Å². The number of rotatable bonds is 3. The summed E-state index contributed by atoms with van der Waals surface area (Å²) in [5, 5.41) is 8.96. The van der Waals surface area contributed by atoms with Crippen LogP contribution in [0.5, 0.6) is 0 Å². The van der Waals surface area contributed by atoms with Crippen molar-refractivity contribution in [2.45, 2.75) is 13.2 Å². The van der Waals surface area contributed by atoms with Crippen LogP contribution in [-0.4, -0.2) is 14.7 Å². The van der Waals surface area contributed by atoms with Crippen molar-refractivity contribution in [1.82, 2.24) is 9.55 Å². The summed E-state index contributed by atoms with van der Waals surface area (Å²) in [5.74, 6) is -0.537. The monoisotopic (exact) mass is 224 g/mol. The smallest absolute Gasteiger partial charge is 0.134 e. The molecule has 1 aromatic heterocycles. The van der Waals surface area contributed by atoms with E-state index in [1.807, 2.05) is 0 Å². The molecule has 1 aromatic carbocycles. The van der Waals surface area contributed by atoms with E-state index in [0.717, 1.165) is 18.2 Å². The molecule has 0 aliphatic rings. The Bertz CT molecular complexity index is 496. The Hall–Kier alpha value is -1.75. The van der Waals surface area contributed by atoms with Crippen LogP contribution in [0.1, 0.15) is 11.4 Å². The van der Waals surface area contributed by atoms with Crippen LogP contribution in [0.2, 0.25) is 0 Å². The molecule has 0 aliphatic heterocycles. The number of hydrogen-bond acceptors (Lipinski definition) is 2. The van der Waals surface area contributed by atoms with Crippen molar-refractivity contribution in [2.75, 3.05) is 0 Å². The average Bonchev–Trinajstić information content (AvgIpc) is 2.71. The third-order valence-corrected chi connectivity index (χ3v) is 2.29. The summed E-state index contributed by atoms with van der Waals surface area (Å²) in [7, 11) is 0. The van der Waals surface area contributed by atoms with E-state index in [0.29, 0.717) is 5.82 Å². The lowest BCUT2D eigenvalue weighted by Crippen LogP contribution is -2.06. The third-order valence-electron chi connectivity index (χ3n) is 2.29. The first-order valence-corrected chi connectivity index (χ1v) is 4.75. The molecule has 0 unspecified atom stereocenters. The molecule has 1 N–H and O–H groups in total. The zero-order valence-corrected chi connectivity index (χ0v) is 8.40. The van der Waals surface area contributed by atoms with Crippen LogP contribution in [0.25, 0.3) is 0 Å². The number of aromatic nitrogens is 2. The van der Waals surface area contributed by atoms with Gasteiger partial charge in [0.1, 0.15) is 24.1 Å².